The minimum Gasteiger partial charge on any atom is -0.375 e. The maximum Gasteiger partial charge on any atom is 0.242 e. The Morgan fingerprint density at radius 2 is 1.43 bits per heavy atom. The second kappa shape index (κ2) is 27.8. The Hall–Kier alpha value is -4.27. The number of thioether (sulfide) groups is 1. The lowest BCUT2D eigenvalue weighted by molar-refractivity contribution is -0.138. The van der Waals surface area contributed by atoms with Crippen LogP contribution in [0.3, 0.4) is 0 Å². The SMILES string of the molecule is CCC(=O)N(c1ccccc1)C1CCN(CCc2ccc(NC(=O)CCSC3CC(=O)N(CCC(=O)NCCC(C)(C)OCCC(C)(C)C(=O)NC4CCCCCCCCCC4)C3=O)cc2)CC1. The number of ether oxygens (including phenoxy) is 1. The van der Waals surface area contributed by atoms with Gasteiger partial charge in [-0.15, -0.1) is 11.8 Å². The largest absolute Gasteiger partial charge is 0.375 e. The van der Waals surface area contributed by atoms with Crippen LogP contribution >= 0.6 is 11.8 Å². The van der Waals surface area contributed by atoms with Gasteiger partial charge in [-0.25, -0.2) is 0 Å². The summed E-state index contributed by atoms with van der Waals surface area (Å²) in [5.74, 6) is -0.387. The lowest BCUT2D eigenvalue weighted by Crippen LogP contribution is -2.47. The molecule has 376 valence electrons. The molecule has 14 heteroatoms. The summed E-state index contributed by atoms with van der Waals surface area (Å²) in [7, 11) is 0. The van der Waals surface area contributed by atoms with Crippen molar-refractivity contribution >= 4 is 58.6 Å². The van der Waals surface area contributed by atoms with Crippen molar-refractivity contribution in [3.63, 3.8) is 0 Å². The van der Waals surface area contributed by atoms with Gasteiger partial charge in [-0.1, -0.05) is 102 Å². The molecule has 2 aliphatic heterocycles. The summed E-state index contributed by atoms with van der Waals surface area (Å²) < 4.78 is 6.21. The fraction of sp³-hybridized carbons (Fsp3) is 0.667. The molecular weight excluding hydrogens is 877 g/mol. The fourth-order valence-electron chi connectivity index (χ4n) is 9.38. The second-order valence-corrected chi connectivity index (χ2v) is 21.7. The highest BCUT2D eigenvalue weighted by Gasteiger charge is 2.39. The summed E-state index contributed by atoms with van der Waals surface area (Å²) >= 11 is 1.30. The molecule has 1 atom stereocenters. The lowest BCUT2D eigenvalue weighted by Gasteiger charge is -2.38. The third-order valence-corrected chi connectivity index (χ3v) is 15.2. The summed E-state index contributed by atoms with van der Waals surface area (Å²) in [5.41, 5.74) is 1.78. The molecule has 2 aromatic rings. The van der Waals surface area contributed by atoms with Gasteiger partial charge in [0.05, 0.1) is 10.9 Å². The molecule has 3 aliphatic rings. The predicted molar refractivity (Wildman–Crippen MR) is 273 cm³/mol. The second-order valence-electron chi connectivity index (χ2n) is 20.4. The zero-order chi connectivity index (χ0) is 48.9. The maximum atomic E-state index is 13.3. The first-order valence-electron chi connectivity index (χ1n) is 25.8. The molecule has 0 bridgehead atoms. The van der Waals surface area contributed by atoms with Gasteiger partial charge in [0.15, 0.2) is 0 Å². The number of hydrogen-bond donors (Lipinski definition) is 3. The van der Waals surface area contributed by atoms with Crippen LogP contribution in [0, 0.1) is 5.41 Å². The monoisotopic (exact) mass is 959 g/mol. The summed E-state index contributed by atoms with van der Waals surface area (Å²) in [5, 5.41) is 8.64. The molecule has 0 spiro atoms. The van der Waals surface area contributed by atoms with E-state index in [1.165, 1.54) is 73.6 Å². The number of amides is 6. The van der Waals surface area contributed by atoms with Crippen LogP contribution in [-0.4, -0.2) is 113 Å². The Morgan fingerprint density at radius 1 is 0.779 bits per heavy atom. The van der Waals surface area contributed by atoms with Crippen LogP contribution in [0.5, 0.6) is 0 Å². The van der Waals surface area contributed by atoms with E-state index in [0.29, 0.717) is 43.9 Å². The fourth-order valence-corrected chi connectivity index (χ4v) is 10.5. The van der Waals surface area contributed by atoms with Crippen LogP contribution in [0.25, 0.3) is 0 Å². The number of anilines is 2. The van der Waals surface area contributed by atoms with Crippen molar-refractivity contribution < 1.29 is 33.5 Å². The average Bonchev–Trinajstić information content (AvgIpc) is 3.55. The van der Waals surface area contributed by atoms with E-state index in [0.717, 1.165) is 57.4 Å². The van der Waals surface area contributed by atoms with E-state index >= 15 is 0 Å². The molecule has 6 amide bonds. The molecular formula is C54H82N6O7S. The zero-order valence-corrected chi connectivity index (χ0v) is 42.7. The van der Waals surface area contributed by atoms with Crippen LogP contribution in [-0.2, 0) is 39.9 Å². The first kappa shape index (κ1) is 54.7. The van der Waals surface area contributed by atoms with Gasteiger partial charge in [-0.05, 0) is 88.6 Å². The van der Waals surface area contributed by atoms with Gasteiger partial charge in [-0.2, -0.15) is 0 Å². The molecule has 68 heavy (non-hydrogen) atoms. The van der Waals surface area contributed by atoms with Crippen LogP contribution in [0.1, 0.15) is 156 Å². The number of nitrogens with one attached hydrogen (secondary N) is 3. The van der Waals surface area contributed by atoms with E-state index in [1.807, 2.05) is 94.1 Å². The van der Waals surface area contributed by atoms with Gasteiger partial charge in [0.2, 0.25) is 35.4 Å². The number of carbonyl (C=O) groups is 6. The zero-order valence-electron chi connectivity index (χ0n) is 41.9. The van der Waals surface area contributed by atoms with Gasteiger partial charge in [-0.3, -0.25) is 33.7 Å². The lowest BCUT2D eigenvalue weighted by atomic mass is 9.87. The minimum absolute atomic E-state index is 0.0106. The maximum absolute atomic E-state index is 13.3. The molecule has 2 aromatic carbocycles. The van der Waals surface area contributed by atoms with Crippen LogP contribution in [0.2, 0.25) is 0 Å². The van der Waals surface area contributed by atoms with Gasteiger partial charge in [0.1, 0.15) is 0 Å². The molecule has 1 unspecified atom stereocenters. The summed E-state index contributed by atoms with van der Waals surface area (Å²) in [6, 6.07) is 18.3. The van der Waals surface area contributed by atoms with E-state index in [4.69, 9.17) is 4.74 Å². The summed E-state index contributed by atoms with van der Waals surface area (Å²) in [4.78, 5) is 83.2. The van der Waals surface area contributed by atoms with Gasteiger partial charge >= 0.3 is 0 Å². The summed E-state index contributed by atoms with van der Waals surface area (Å²) in [6.45, 7) is 13.4. The van der Waals surface area contributed by atoms with Crippen molar-refractivity contribution in [3.8, 4) is 0 Å². The summed E-state index contributed by atoms with van der Waals surface area (Å²) in [6.07, 6.45) is 16.8. The molecule has 2 saturated heterocycles. The Kier molecular flexibility index (Phi) is 22.3. The van der Waals surface area contributed by atoms with E-state index in [1.54, 1.807) is 0 Å². The molecule has 1 saturated carbocycles. The molecule has 1 aliphatic carbocycles. The first-order valence-corrected chi connectivity index (χ1v) is 26.8. The molecule has 5 rings (SSSR count). The molecule has 13 nitrogen and oxygen atoms in total. The van der Waals surface area contributed by atoms with E-state index in [9.17, 15) is 28.8 Å². The first-order chi connectivity index (χ1) is 32.6. The third kappa shape index (κ3) is 18.2. The molecule has 3 fully saturated rings. The molecule has 3 N–H and O–H groups in total. The quantitative estimate of drug-likeness (QED) is 0.0927. The molecule has 0 aromatic heterocycles. The van der Waals surface area contributed by atoms with Crippen molar-refractivity contribution in [1.82, 2.24) is 20.4 Å². The van der Waals surface area contributed by atoms with Gasteiger partial charge < -0.3 is 30.5 Å². The van der Waals surface area contributed by atoms with Crippen LogP contribution < -0.4 is 20.9 Å². The van der Waals surface area contributed by atoms with Crippen molar-refractivity contribution in [3.05, 3.63) is 60.2 Å². The number of likely N-dealkylation sites (tertiary alicyclic amines) is 2. The number of para-hydroxylation sites is 1. The Labute approximate surface area is 411 Å². The number of imide groups is 1. The highest BCUT2D eigenvalue weighted by atomic mass is 32.2. The average molecular weight is 959 g/mol. The van der Waals surface area contributed by atoms with Crippen molar-refractivity contribution in [2.45, 2.75) is 180 Å². The van der Waals surface area contributed by atoms with Crippen molar-refractivity contribution in [1.29, 1.82) is 0 Å². The van der Waals surface area contributed by atoms with E-state index in [-0.39, 0.29) is 73.3 Å². The third-order valence-electron chi connectivity index (χ3n) is 14.0. The highest BCUT2D eigenvalue weighted by molar-refractivity contribution is 8.00. The Morgan fingerprint density at radius 3 is 2.07 bits per heavy atom. The predicted octanol–water partition coefficient (Wildman–Crippen LogP) is 8.83. The standard InChI is InChI=1S/C54H82N6O7S/c1-6-49(63)60(44-20-16-13-17-21-44)45-27-35-58(36-28-45)34-26-41-22-24-43(25-23-41)56-48(62)30-39-68-46-40-50(64)59(51(46)65)37-29-47(61)55-33-31-54(4,5)67-38-32-53(2,3)52(66)57-42-18-14-11-9-7-8-10-12-15-19-42/h13,16-17,20-25,42,45-46H,6-12,14-15,18-19,26-40H2,1-5H3,(H,55,61)(H,56,62)(H,57,66). The van der Waals surface area contributed by atoms with Gasteiger partial charge in [0, 0.05) is 99.6 Å². The number of rotatable bonds is 23. The number of benzene rings is 2. The van der Waals surface area contributed by atoms with Gasteiger partial charge in [0.25, 0.3) is 0 Å². The minimum atomic E-state index is -0.570. The normalized spacial score (nSPS) is 18.5. The number of hydrogen-bond acceptors (Lipinski definition) is 9. The van der Waals surface area contributed by atoms with Crippen LogP contribution in [0.15, 0.2) is 54.6 Å². The molecule has 2 heterocycles. The highest BCUT2D eigenvalue weighted by Crippen LogP contribution is 2.28. The van der Waals surface area contributed by atoms with E-state index < -0.39 is 16.3 Å². The topological polar surface area (TPSA) is 157 Å². The number of piperidine rings is 1. The Balaban J connectivity index is 0.914. The van der Waals surface area contributed by atoms with Crippen molar-refractivity contribution in [2.24, 2.45) is 5.41 Å². The smallest absolute Gasteiger partial charge is 0.242 e. The number of nitrogens with zero attached hydrogens (tertiary/aromatic N) is 3. The van der Waals surface area contributed by atoms with Crippen LogP contribution in [0.4, 0.5) is 11.4 Å². The van der Waals surface area contributed by atoms with E-state index in [2.05, 4.69) is 20.9 Å². The van der Waals surface area contributed by atoms with Crippen molar-refractivity contribution in [2.75, 3.05) is 55.3 Å². The Bertz CT molecular complexity index is 1910. The molecule has 0 radical (unpaired) electrons. The number of carbonyl (C=O) groups excluding carboxylic acids is 6.